The van der Waals surface area contributed by atoms with E-state index < -0.39 is 0 Å². The van der Waals surface area contributed by atoms with Crippen molar-refractivity contribution in [3.63, 3.8) is 0 Å². The molecular weight excluding hydrogens is 516 g/mol. The number of aromatic nitrogens is 2. The Balaban J connectivity index is 1.60. The van der Waals surface area contributed by atoms with E-state index in [2.05, 4.69) is 72.8 Å². The van der Waals surface area contributed by atoms with E-state index in [1.54, 1.807) is 14.2 Å². The third kappa shape index (κ3) is 4.63. The van der Waals surface area contributed by atoms with Crippen LogP contribution in [0.25, 0.3) is 66.6 Å². The van der Waals surface area contributed by atoms with Gasteiger partial charge in [0.2, 0.25) is 0 Å². The molecule has 4 heteroatoms. The first-order valence-corrected chi connectivity index (χ1v) is 13.9. The van der Waals surface area contributed by atoms with E-state index >= 15 is 0 Å². The third-order valence-electron chi connectivity index (χ3n) is 7.66. The van der Waals surface area contributed by atoms with Gasteiger partial charge in [-0.1, -0.05) is 97.1 Å². The summed E-state index contributed by atoms with van der Waals surface area (Å²) in [6.07, 6.45) is 0. The lowest BCUT2D eigenvalue weighted by molar-refractivity contribution is 0.415. The van der Waals surface area contributed by atoms with Gasteiger partial charge in [0.25, 0.3) is 0 Å². The van der Waals surface area contributed by atoms with Crippen LogP contribution in [-0.4, -0.2) is 24.2 Å². The van der Waals surface area contributed by atoms with Crippen LogP contribution in [0.3, 0.4) is 0 Å². The summed E-state index contributed by atoms with van der Waals surface area (Å²) in [4.78, 5) is 10.6. The Morgan fingerprint density at radius 3 is 1.21 bits per heavy atom. The van der Waals surface area contributed by atoms with Crippen molar-refractivity contribution in [2.75, 3.05) is 14.2 Å². The van der Waals surface area contributed by atoms with Gasteiger partial charge in [0.05, 0.1) is 36.6 Å². The molecule has 0 saturated heterocycles. The molecule has 0 radical (unpaired) electrons. The Hall–Kier alpha value is -5.48. The van der Waals surface area contributed by atoms with E-state index in [0.717, 1.165) is 78.1 Å². The fourth-order valence-corrected chi connectivity index (χ4v) is 5.55. The normalized spacial score (nSPS) is 11.1. The molecule has 42 heavy (non-hydrogen) atoms. The molecule has 0 atom stereocenters. The summed E-state index contributed by atoms with van der Waals surface area (Å²) in [6, 6.07) is 45.6. The summed E-state index contributed by atoms with van der Waals surface area (Å²) in [6.45, 7) is 0. The second-order valence-corrected chi connectivity index (χ2v) is 10.2. The smallest absolute Gasteiger partial charge is 0.119 e. The fourth-order valence-electron chi connectivity index (χ4n) is 5.55. The molecule has 0 fully saturated rings. The number of hydrogen-bond donors (Lipinski definition) is 0. The van der Waals surface area contributed by atoms with Gasteiger partial charge in [0.1, 0.15) is 11.5 Å². The molecule has 0 amide bonds. The molecule has 0 aliphatic carbocycles. The standard InChI is InChI=1S/C38H28N2O2/c1-41-29-17-9-15-27(21-29)33-23-35(25-11-5-3-6-12-25)39-37-31(33)19-20-32-34(28-16-10-18-30(22-28)42-2)24-36(40-38(32)37)26-13-7-4-8-14-26/h3-24H,1-2H3. The minimum absolute atomic E-state index is 0.810. The maximum atomic E-state index is 5.58. The van der Waals surface area contributed by atoms with Crippen LogP contribution in [-0.2, 0) is 0 Å². The van der Waals surface area contributed by atoms with E-state index in [1.165, 1.54) is 0 Å². The highest BCUT2D eigenvalue weighted by Crippen LogP contribution is 2.40. The van der Waals surface area contributed by atoms with E-state index in [4.69, 9.17) is 19.4 Å². The van der Waals surface area contributed by atoms with Gasteiger partial charge >= 0.3 is 0 Å². The maximum Gasteiger partial charge on any atom is 0.119 e. The van der Waals surface area contributed by atoms with E-state index in [0.29, 0.717) is 0 Å². The summed E-state index contributed by atoms with van der Waals surface area (Å²) in [5.41, 5.74) is 9.87. The van der Waals surface area contributed by atoms with Gasteiger partial charge in [-0.15, -0.1) is 0 Å². The SMILES string of the molecule is COc1cccc(-c2cc(-c3ccccc3)nc3c2ccc2c(-c4cccc(OC)c4)cc(-c4ccccc4)nc23)c1. The van der Waals surface area contributed by atoms with Crippen molar-refractivity contribution >= 4 is 21.8 Å². The largest absolute Gasteiger partial charge is 0.497 e. The molecule has 0 bridgehead atoms. The average molecular weight is 545 g/mol. The van der Waals surface area contributed by atoms with Crippen molar-refractivity contribution in [2.24, 2.45) is 0 Å². The highest BCUT2D eigenvalue weighted by atomic mass is 16.5. The highest BCUT2D eigenvalue weighted by Gasteiger charge is 2.17. The van der Waals surface area contributed by atoms with Crippen molar-refractivity contribution in [2.45, 2.75) is 0 Å². The van der Waals surface area contributed by atoms with Crippen molar-refractivity contribution in [1.82, 2.24) is 9.97 Å². The molecule has 0 spiro atoms. The Kier molecular flexibility index (Phi) is 6.57. The number of hydrogen-bond acceptors (Lipinski definition) is 4. The van der Waals surface area contributed by atoms with Gasteiger partial charge in [0.15, 0.2) is 0 Å². The molecule has 0 aliphatic rings. The predicted molar refractivity (Wildman–Crippen MR) is 172 cm³/mol. The minimum Gasteiger partial charge on any atom is -0.497 e. The van der Waals surface area contributed by atoms with E-state index in [9.17, 15) is 0 Å². The van der Waals surface area contributed by atoms with Gasteiger partial charge < -0.3 is 9.47 Å². The van der Waals surface area contributed by atoms with Gasteiger partial charge in [0, 0.05) is 21.9 Å². The third-order valence-corrected chi connectivity index (χ3v) is 7.66. The lowest BCUT2D eigenvalue weighted by atomic mass is 9.93. The first-order valence-electron chi connectivity index (χ1n) is 13.9. The van der Waals surface area contributed by atoms with Gasteiger partial charge in [-0.3, -0.25) is 0 Å². The van der Waals surface area contributed by atoms with Crippen LogP contribution in [0.15, 0.2) is 133 Å². The summed E-state index contributed by atoms with van der Waals surface area (Å²) in [5, 5.41) is 2.06. The quantitative estimate of drug-likeness (QED) is 0.196. The van der Waals surface area contributed by atoms with Gasteiger partial charge in [-0.05, 0) is 58.7 Å². The van der Waals surface area contributed by atoms with Crippen molar-refractivity contribution in [3.8, 4) is 56.3 Å². The highest BCUT2D eigenvalue weighted by molar-refractivity contribution is 6.13. The van der Waals surface area contributed by atoms with Crippen molar-refractivity contribution in [1.29, 1.82) is 0 Å². The minimum atomic E-state index is 0.810. The van der Waals surface area contributed by atoms with Crippen LogP contribution < -0.4 is 9.47 Å². The number of fused-ring (bicyclic) bond motifs is 3. The molecule has 0 N–H and O–H groups in total. The molecule has 0 saturated carbocycles. The average Bonchev–Trinajstić information content (AvgIpc) is 3.08. The first-order chi connectivity index (χ1) is 20.7. The van der Waals surface area contributed by atoms with Crippen LogP contribution in [0.5, 0.6) is 11.5 Å². The molecule has 4 nitrogen and oxygen atoms in total. The number of pyridine rings is 2. The lowest BCUT2D eigenvalue weighted by Gasteiger charge is -2.16. The predicted octanol–water partition coefficient (Wildman–Crippen LogP) is 9.47. The van der Waals surface area contributed by atoms with Gasteiger partial charge in [-0.25, -0.2) is 9.97 Å². The summed E-state index contributed by atoms with van der Waals surface area (Å²) in [5.74, 6) is 1.62. The van der Waals surface area contributed by atoms with Crippen molar-refractivity contribution in [3.05, 3.63) is 133 Å². The van der Waals surface area contributed by atoms with Crippen LogP contribution in [0.1, 0.15) is 0 Å². The molecule has 0 aliphatic heterocycles. The molecule has 2 aromatic heterocycles. The molecule has 0 unspecified atom stereocenters. The van der Waals surface area contributed by atoms with Crippen LogP contribution >= 0.6 is 0 Å². The van der Waals surface area contributed by atoms with E-state index in [-0.39, 0.29) is 0 Å². The first kappa shape index (κ1) is 25.5. The summed E-state index contributed by atoms with van der Waals surface area (Å²) in [7, 11) is 3.39. The Morgan fingerprint density at radius 2 is 0.810 bits per heavy atom. The maximum absolute atomic E-state index is 5.58. The van der Waals surface area contributed by atoms with Crippen LogP contribution in [0, 0.1) is 0 Å². The number of rotatable bonds is 6. The fraction of sp³-hybridized carbons (Fsp3) is 0.0526. The van der Waals surface area contributed by atoms with Crippen LogP contribution in [0.2, 0.25) is 0 Å². The number of nitrogens with zero attached hydrogens (tertiary/aromatic N) is 2. The molecule has 7 aromatic rings. The Morgan fingerprint density at radius 1 is 0.405 bits per heavy atom. The Labute approximate surface area is 244 Å². The molecular formula is C38H28N2O2. The zero-order valence-corrected chi connectivity index (χ0v) is 23.4. The van der Waals surface area contributed by atoms with Gasteiger partial charge in [-0.2, -0.15) is 0 Å². The molecule has 5 aromatic carbocycles. The monoisotopic (exact) mass is 544 g/mol. The number of ether oxygens (including phenoxy) is 2. The van der Waals surface area contributed by atoms with E-state index in [1.807, 2.05) is 60.7 Å². The second kappa shape index (κ2) is 10.8. The summed E-state index contributed by atoms with van der Waals surface area (Å²) >= 11 is 0. The second-order valence-electron chi connectivity index (χ2n) is 10.2. The topological polar surface area (TPSA) is 44.2 Å². The summed E-state index contributed by atoms with van der Waals surface area (Å²) < 4.78 is 11.2. The number of methoxy groups -OCH3 is 2. The molecule has 7 rings (SSSR count). The zero-order chi connectivity index (χ0) is 28.5. The zero-order valence-electron chi connectivity index (χ0n) is 23.4. The Bertz CT molecular complexity index is 1900. The van der Waals surface area contributed by atoms with Crippen molar-refractivity contribution < 1.29 is 9.47 Å². The lowest BCUT2D eigenvalue weighted by Crippen LogP contribution is -1.96. The molecule has 202 valence electrons. The number of benzene rings is 5. The molecule has 2 heterocycles. The van der Waals surface area contributed by atoms with Crippen LogP contribution in [0.4, 0.5) is 0 Å².